The van der Waals surface area contributed by atoms with Gasteiger partial charge in [0.15, 0.2) is 0 Å². The van der Waals surface area contributed by atoms with Crippen LogP contribution in [0.2, 0.25) is 0 Å². The van der Waals surface area contributed by atoms with E-state index in [-0.39, 0.29) is 0 Å². The van der Waals surface area contributed by atoms with Crippen molar-refractivity contribution in [1.82, 2.24) is 10.3 Å². The van der Waals surface area contributed by atoms with Crippen LogP contribution in [0.5, 0.6) is 0 Å². The molecule has 0 aromatic carbocycles. The standard InChI is InChI=1S/C15H29N3O/c1-5-7-9-18(10-8-6-2)15-17-14(12-19-15)11-16-13(3)4/h12-13,16H,5-11H2,1-4H3. The molecule has 1 aromatic heterocycles. The monoisotopic (exact) mass is 267 g/mol. The molecule has 0 saturated heterocycles. The molecule has 0 radical (unpaired) electrons. The van der Waals surface area contributed by atoms with Crippen molar-refractivity contribution in [3.63, 3.8) is 0 Å². The van der Waals surface area contributed by atoms with Gasteiger partial charge in [0.05, 0.1) is 5.69 Å². The highest BCUT2D eigenvalue weighted by Gasteiger charge is 2.12. The first kappa shape index (κ1) is 16.0. The van der Waals surface area contributed by atoms with E-state index in [9.17, 15) is 0 Å². The van der Waals surface area contributed by atoms with Gasteiger partial charge in [-0.1, -0.05) is 40.5 Å². The van der Waals surface area contributed by atoms with Crippen molar-refractivity contribution < 1.29 is 4.42 Å². The first-order chi connectivity index (χ1) is 9.17. The molecule has 0 atom stereocenters. The summed E-state index contributed by atoms with van der Waals surface area (Å²) in [7, 11) is 0. The number of nitrogens with zero attached hydrogens (tertiary/aromatic N) is 2. The summed E-state index contributed by atoms with van der Waals surface area (Å²) < 4.78 is 5.63. The van der Waals surface area contributed by atoms with E-state index in [0.29, 0.717) is 6.04 Å². The molecule has 4 nitrogen and oxygen atoms in total. The molecule has 0 aliphatic carbocycles. The van der Waals surface area contributed by atoms with Crippen LogP contribution < -0.4 is 10.2 Å². The van der Waals surface area contributed by atoms with Crippen LogP contribution in [-0.4, -0.2) is 24.1 Å². The summed E-state index contributed by atoms with van der Waals surface area (Å²) in [4.78, 5) is 6.85. The van der Waals surface area contributed by atoms with Gasteiger partial charge in [-0.3, -0.25) is 0 Å². The summed E-state index contributed by atoms with van der Waals surface area (Å²) in [5.74, 6) is 0. The summed E-state index contributed by atoms with van der Waals surface area (Å²) in [6, 6.07) is 1.25. The lowest BCUT2D eigenvalue weighted by molar-refractivity contribution is 0.519. The van der Waals surface area contributed by atoms with E-state index in [2.05, 4.69) is 42.9 Å². The van der Waals surface area contributed by atoms with Crippen LogP contribution in [0.25, 0.3) is 0 Å². The van der Waals surface area contributed by atoms with Gasteiger partial charge in [-0.2, -0.15) is 4.98 Å². The van der Waals surface area contributed by atoms with Gasteiger partial charge in [0, 0.05) is 25.7 Å². The Morgan fingerprint density at radius 1 is 1.21 bits per heavy atom. The van der Waals surface area contributed by atoms with Crippen LogP contribution in [0, 0.1) is 0 Å². The third kappa shape index (κ3) is 6.10. The van der Waals surface area contributed by atoms with Crippen LogP contribution in [0.3, 0.4) is 0 Å². The van der Waals surface area contributed by atoms with Crippen LogP contribution in [-0.2, 0) is 6.54 Å². The number of hydrogen-bond acceptors (Lipinski definition) is 4. The van der Waals surface area contributed by atoms with E-state index in [1.165, 1.54) is 25.7 Å². The summed E-state index contributed by atoms with van der Waals surface area (Å²) in [5, 5.41) is 3.36. The summed E-state index contributed by atoms with van der Waals surface area (Å²) in [5.41, 5.74) is 0.988. The highest BCUT2D eigenvalue weighted by atomic mass is 16.4. The lowest BCUT2D eigenvalue weighted by atomic mass is 10.3. The Labute approximate surface area is 117 Å². The van der Waals surface area contributed by atoms with Crippen molar-refractivity contribution in [1.29, 1.82) is 0 Å². The van der Waals surface area contributed by atoms with Crippen molar-refractivity contribution in [3.8, 4) is 0 Å². The zero-order valence-corrected chi connectivity index (χ0v) is 12.9. The fraction of sp³-hybridized carbons (Fsp3) is 0.800. The van der Waals surface area contributed by atoms with Gasteiger partial charge < -0.3 is 14.6 Å². The van der Waals surface area contributed by atoms with Crippen LogP contribution in [0.1, 0.15) is 59.1 Å². The van der Waals surface area contributed by atoms with Crippen molar-refractivity contribution in [2.75, 3.05) is 18.0 Å². The minimum atomic E-state index is 0.469. The van der Waals surface area contributed by atoms with Gasteiger partial charge in [0.25, 0.3) is 6.01 Å². The van der Waals surface area contributed by atoms with Gasteiger partial charge in [0.1, 0.15) is 6.26 Å². The first-order valence-corrected chi connectivity index (χ1v) is 7.60. The molecule has 0 spiro atoms. The molecule has 0 unspecified atom stereocenters. The van der Waals surface area contributed by atoms with Gasteiger partial charge >= 0.3 is 0 Å². The Balaban J connectivity index is 2.56. The average molecular weight is 267 g/mol. The minimum absolute atomic E-state index is 0.469. The number of unbranched alkanes of at least 4 members (excludes halogenated alkanes) is 2. The fourth-order valence-electron chi connectivity index (χ4n) is 1.83. The number of anilines is 1. The number of aromatic nitrogens is 1. The first-order valence-electron chi connectivity index (χ1n) is 7.60. The number of nitrogens with one attached hydrogen (secondary N) is 1. The molecule has 0 bridgehead atoms. The summed E-state index contributed by atoms with van der Waals surface area (Å²) in [6.45, 7) is 11.5. The number of hydrogen-bond donors (Lipinski definition) is 1. The molecular weight excluding hydrogens is 238 g/mol. The summed E-state index contributed by atoms with van der Waals surface area (Å²) >= 11 is 0. The highest BCUT2D eigenvalue weighted by Crippen LogP contribution is 2.15. The number of rotatable bonds is 10. The van der Waals surface area contributed by atoms with Crippen molar-refractivity contribution in [3.05, 3.63) is 12.0 Å². The zero-order chi connectivity index (χ0) is 14.1. The predicted octanol–water partition coefficient (Wildman–Crippen LogP) is 3.58. The maximum Gasteiger partial charge on any atom is 0.297 e. The Morgan fingerprint density at radius 2 is 1.84 bits per heavy atom. The Kier molecular flexibility index (Phi) is 7.56. The molecule has 1 heterocycles. The van der Waals surface area contributed by atoms with Gasteiger partial charge in [-0.05, 0) is 12.8 Å². The topological polar surface area (TPSA) is 41.3 Å². The van der Waals surface area contributed by atoms with Crippen molar-refractivity contribution in [2.24, 2.45) is 0 Å². The maximum absolute atomic E-state index is 5.63. The molecule has 1 N–H and O–H groups in total. The molecule has 1 rings (SSSR count). The van der Waals surface area contributed by atoms with E-state index >= 15 is 0 Å². The average Bonchev–Trinajstić information content (AvgIpc) is 2.85. The zero-order valence-electron chi connectivity index (χ0n) is 12.9. The van der Waals surface area contributed by atoms with E-state index < -0.39 is 0 Å². The van der Waals surface area contributed by atoms with Crippen molar-refractivity contribution >= 4 is 6.01 Å². The molecular formula is C15H29N3O. The van der Waals surface area contributed by atoms with Crippen molar-refractivity contribution in [2.45, 2.75) is 66.0 Å². The van der Waals surface area contributed by atoms with E-state index in [4.69, 9.17) is 4.42 Å². The third-order valence-electron chi connectivity index (χ3n) is 3.06. The Morgan fingerprint density at radius 3 is 2.37 bits per heavy atom. The van der Waals surface area contributed by atoms with Crippen LogP contribution >= 0.6 is 0 Å². The molecule has 0 saturated carbocycles. The quantitative estimate of drug-likeness (QED) is 0.703. The SMILES string of the molecule is CCCCN(CCCC)c1nc(CNC(C)C)co1. The van der Waals surface area contributed by atoms with E-state index in [0.717, 1.165) is 31.3 Å². The number of oxazole rings is 1. The fourth-order valence-corrected chi connectivity index (χ4v) is 1.83. The second kappa shape index (κ2) is 8.97. The molecule has 0 aliphatic heterocycles. The van der Waals surface area contributed by atoms with Gasteiger partial charge in [-0.15, -0.1) is 0 Å². The highest BCUT2D eigenvalue weighted by molar-refractivity contribution is 5.26. The largest absolute Gasteiger partial charge is 0.432 e. The van der Waals surface area contributed by atoms with Gasteiger partial charge in [0.2, 0.25) is 0 Å². The molecule has 110 valence electrons. The second-order valence-corrected chi connectivity index (χ2v) is 5.35. The molecule has 0 aliphatic rings. The summed E-state index contributed by atoms with van der Waals surface area (Å²) in [6.07, 6.45) is 6.54. The molecule has 0 amide bonds. The predicted molar refractivity (Wildman–Crippen MR) is 80.5 cm³/mol. The second-order valence-electron chi connectivity index (χ2n) is 5.35. The minimum Gasteiger partial charge on any atom is -0.432 e. The molecule has 0 fully saturated rings. The van der Waals surface area contributed by atoms with Crippen LogP contribution in [0.4, 0.5) is 6.01 Å². The lowest BCUT2D eigenvalue weighted by Gasteiger charge is -2.19. The Hall–Kier alpha value is -1.03. The normalized spacial score (nSPS) is 11.2. The Bertz CT molecular complexity index is 328. The molecule has 4 heteroatoms. The van der Waals surface area contributed by atoms with Crippen LogP contribution in [0.15, 0.2) is 10.7 Å². The van der Waals surface area contributed by atoms with Gasteiger partial charge in [-0.25, -0.2) is 0 Å². The third-order valence-corrected chi connectivity index (χ3v) is 3.06. The molecule has 1 aromatic rings. The maximum atomic E-state index is 5.63. The van der Waals surface area contributed by atoms with E-state index in [1.54, 1.807) is 6.26 Å². The lowest BCUT2D eigenvalue weighted by Crippen LogP contribution is -2.26. The smallest absolute Gasteiger partial charge is 0.297 e. The van der Waals surface area contributed by atoms with E-state index in [1.807, 2.05) is 0 Å². The molecule has 19 heavy (non-hydrogen) atoms.